The standard InChI is InChI=1S/C33H67NO5Si2/c1-18-19-20-23(2)28(36)26(5)30(39-41(16,17)33(10,11)12)27(6)31(37)34(13)21-24(3)29(25(4)22-35)38-40(14,15)32(7,8)9/h18-20,23-30,35-36H,1,21-22H2,2-17H3/t23-,24-,25-,26?,27?,28?,29+,30?/m0/s1. The van der Waals surface area contributed by atoms with Gasteiger partial charge >= 0.3 is 0 Å². The van der Waals surface area contributed by atoms with E-state index in [2.05, 4.69) is 81.2 Å². The Bertz CT molecular complexity index is 846. The van der Waals surface area contributed by atoms with E-state index in [0.29, 0.717) is 6.54 Å². The molecule has 4 unspecified atom stereocenters. The fourth-order valence-electron chi connectivity index (χ4n) is 4.75. The predicted octanol–water partition coefficient (Wildman–Crippen LogP) is 7.50. The van der Waals surface area contributed by atoms with Crippen molar-refractivity contribution in [2.24, 2.45) is 29.6 Å². The van der Waals surface area contributed by atoms with Crippen LogP contribution >= 0.6 is 0 Å². The summed E-state index contributed by atoms with van der Waals surface area (Å²) in [6.07, 6.45) is 4.23. The lowest BCUT2D eigenvalue weighted by atomic mass is 9.83. The maximum Gasteiger partial charge on any atom is 0.227 e. The molecule has 0 radical (unpaired) electrons. The number of hydrogen-bond acceptors (Lipinski definition) is 5. The zero-order chi connectivity index (χ0) is 32.7. The number of allylic oxidation sites excluding steroid dienone is 2. The molecule has 2 N–H and O–H groups in total. The molecule has 0 aromatic carbocycles. The topological polar surface area (TPSA) is 79.2 Å². The minimum absolute atomic E-state index is 0.00313. The normalized spacial score (nSPS) is 19.7. The Kier molecular flexibility index (Phi) is 15.5. The molecule has 0 aliphatic carbocycles. The summed E-state index contributed by atoms with van der Waals surface area (Å²) < 4.78 is 13.7. The van der Waals surface area contributed by atoms with Crippen molar-refractivity contribution in [3.05, 3.63) is 24.8 Å². The number of aliphatic hydroxyl groups is 2. The quantitative estimate of drug-likeness (QED) is 0.139. The van der Waals surface area contributed by atoms with E-state index in [1.165, 1.54) is 0 Å². The molecule has 41 heavy (non-hydrogen) atoms. The number of rotatable bonds is 16. The van der Waals surface area contributed by atoms with E-state index < -0.39 is 34.8 Å². The zero-order valence-electron chi connectivity index (χ0n) is 29.5. The third kappa shape index (κ3) is 11.3. The second-order valence-electron chi connectivity index (χ2n) is 15.7. The third-order valence-corrected chi connectivity index (χ3v) is 18.8. The van der Waals surface area contributed by atoms with E-state index >= 15 is 0 Å². The molecule has 0 heterocycles. The second kappa shape index (κ2) is 15.8. The van der Waals surface area contributed by atoms with E-state index in [4.69, 9.17) is 8.85 Å². The molecule has 0 aromatic rings. The van der Waals surface area contributed by atoms with E-state index in [1.54, 1.807) is 11.0 Å². The van der Waals surface area contributed by atoms with E-state index in [1.807, 2.05) is 46.9 Å². The molecule has 8 heteroatoms. The molecule has 0 saturated carbocycles. The molecule has 0 aliphatic rings. The molecular formula is C33H67NO5Si2. The summed E-state index contributed by atoms with van der Waals surface area (Å²) in [7, 11) is -2.49. The summed E-state index contributed by atoms with van der Waals surface area (Å²) in [6.45, 7) is 36.4. The first-order chi connectivity index (χ1) is 18.4. The van der Waals surface area contributed by atoms with Crippen molar-refractivity contribution < 1.29 is 23.9 Å². The highest BCUT2D eigenvalue weighted by molar-refractivity contribution is 6.74. The Labute approximate surface area is 256 Å². The van der Waals surface area contributed by atoms with Crippen LogP contribution in [0.3, 0.4) is 0 Å². The summed E-state index contributed by atoms with van der Waals surface area (Å²) in [5.41, 5.74) is 0. The molecule has 8 atom stereocenters. The highest BCUT2D eigenvalue weighted by atomic mass is 28.4. The Morgan fingerprint density at radius 2 is 1.32 bits per heavy atom. The van der Waals surface area contributed by atoms with Gasteiger partial charge in [-0.05, 0) is 42.2 Å². The predicted molar refractivity (Wildman–Crippen MR) is 180 cm³/mol. The summed E-state index contributed by atoms with van der Waals surface area (Å²) in [4.78, 5) is 15.8. The van der Waals surface area contributed by atoms with Crippen molar-refractivity contribution in [2.75, 3.05) is 20.2 Å². The second-order valence-corrected chi connectivity index (χ2v) is 25.2. The molecule has 0 rings (SSSR count). The highest BCUT2D eigenvalue weighted by Crippen LogP contribution is 2.41. The third-order valence-electron chi connectivity index (χ3n) is 9.85. The van der Waals surface area contributed by atoms with Gasteiger partial charge in [0.05, 0.1) is 24.2 Å². The molecule has 6 nitrogen and oxygen atoms in total. The first-order valence-electron chi connectivity index (χ1n) is 15.5. The van der Waals surface area contributed by atoms with Crippen molar-refractivity contribution >= 4 is 22.5 Å². The van der Waals surface area contributed by atoms with Crippen LogP contribution in [0, 0.1) is 29.6 Å². The Balaban J connectivity index is 6.17. The van der Waals surface area contributed by atoms with Crippen molar-refractivity contribution in [1.82, 2.24) is 4.90 Å². The fourth-order valence-corrected chi connectivity index (χ4v) is 7.70. The van der Waals surface area contributed by atoms with Gasteiger partial charge in [0.1, 0.15) is 0 Å². The molecule has 242 valence electrons. The molecular weight excluding hydrogens is 547 g/mol. The number of amides is 1. The van der Waals surface area contributed by atoms with Crippen molar-refractivity contribution in [2.45, 2.75) is 131 Å². The highest BCUT2D eigenvalue weighted by Gasteiger charge is 2.45. The molecule has 0 fully saturated rings. The molecule has 0 bridgehead atoms. The van der Waals surface area contributed by atoms with Crippen LogP contribution in [0.25, 0.3) is 0 Å². The van der Waals surface area contributed by atoms with E-state index in [9.17, 15) is 15.0 Å². The smallest absolute Gasteiger partial charge is 0.227 e. The van der Waals surface area contributed by atoms with Crippen LogP contribution < -0.4 is 0 Å². The molecule has 1 amide bonds. The first kappa shape index (κ1) is 40.2. The summed E-state index contributed by atoms with van der Waals surface area (Å²) in [5, 5.41) is 21.4. The SMILES string of the molecule is C=CC=C[C@H](C)C(O)C(C)C(O[Si](C)(C)C(C)(C)C)C(C)C(=O)N(C)C[C@H](C)[C@@H](O[Si](C)(C)C(C)(C)C)[C@@H](C)CO. The van der Waals surface area contributed by atoms with E-state index in [-0.39, 0.29) is 52.4 Å². The van der Waals surface area contributed by atoms with Crippen LogP contribution in [-0.2, 0) is 13.6 Å². The van der Waals surface area contributed by atoms with Gasteiger partial charge in [0.15, 0.2) is 16.6 Å². The number of carbonyl (C=O) groups is 1. The summed E-state index contributed by atoms with van der Waals surface area (Å²) in [5.74, 6) is -0.841. The van der Waals surface area contributed by atoms with Crippen LogP contribution in [-0.4, -0.2) is 76.2 Å². The maximum atomic E-state index is 14.0. The molecule has 0 aromatic heterocycles. The average Bonchev–Trinajstić information content (AvgIpc) is 2.85. The summed E-state index contributed by atoms with van der Waals surface area (Å²) in [6, 6.07) is 0. The lowest BCUT2D eigenvalue weighted by molar-refractivity contribution is -0.140. The van der Waals surface area contributed by atoms with Gasteiger partial charge in [0, 0.05) is 38.0 Å². The number of hydrogen-bond donors (Lipinski definition) is 2. The number of aliphatic hydroxyl groups excluding tert-OH is 2. The van der Waals surface area contributed by atoms with Crippen LogP contribution in [0.15, 0.2) is 24.8 Å². The maximum absolute atomic E-state index is 14.0. The molecule has 0 spiro atoms. The Morgan fingerprint density at radius 1 is 0.878 bits per heavy atom. The van der Waals surface area contributed by atoms with Gasteiger partial charge < -0.3 is 24.0 Å². The Morgan fingerprint density at radius 3 is 1.71 bits per heavy atom. The Hall–Kier alpha value is -0.776. The average molecular weight is 614 g/mol. The van der Waals surface area contributed by atoms with Crippen molar-refractivity contribution in [1.29, 1.82) is 0 Å². The minimum atomic E-state index is -2.25. The monoisotopic (exact) mass is 613 g/mol. The van der Waals surface area contributed by atoms with Crippen LogP contribution in [0.2, 0.25) is 36.3 Å². The van der Waals surface area contributed by atoms with Gasteiger partial charge in [-0.25, -0.2) is 0 Å². The van der Waals surface area contributed by atoms with Gasteiger partial charge in [0.2, 0.25) is 5.91 Å². The number of nitrogens with zero attached hydrogens (tertiary/aromatic N) is 1. The minimum Gasteiger partial charge on any atom is -0.413 e. The zero-order valence-corrected chi connectivity index (χ0v) is 31.5. The number of carbonyl (C=O) groups excluding carboxylic acids is 1. The van der Waals surface area contributed by atoms with Crippen LogP contribution in [0.5, 0.6) is 0 Å². The summed E-state index contributed by atoms with van der Waals surface area (Å²) >= 11 is 0. The van der Waals surface area contributed by atoms with Crippen molar-refractivity contribution in [3.63, 3.8) is 0 Å². The van der Waals surface area contributed by atoms with Gasteiger partial charge in [-0.3, -0.25) is 4.79 Å². The first-order valence-corrected chi connectivity index (χ1v) is 21.4. The van der Waals surface area contributed by atoms with Gasteiger partial charge in [-0.15, -0.1) is 0 Å². The van der Waals surface area contributed by atoms with Crippen LogP contribution in [0.4, 0.5) is 0 Å². The van der Waals surface area contributed by atoms with E-state index in [0.717, 1.165) is 0 Å². The van der Waals surface area contributed by atoms with Gasteiger partial charge in [0.25, 0.3) is 0 Å². The van der Waals surface area contributed by atoms with Crippen molar-refractivity contribution in [3.8, 4) is 0 Å². The lowest BCUT2D eigenvalue weighted by Gasteiger charge is -2.45. The largest absolute Gasteiger partial charge is 0.413 e. The van der Waals surface area contributed by atoms with Gasteiger partial charge in [-0.1, -0.05) is 101 Å². The van der Waals surface area contributed by atoms with Crippen LogP contribution in [0.1, 0.15) is 76.2 Å². The molecule has 0 aliphatic heterocycles. The molecule has 0 saturated heterocycles. The van der Waals surface area contributed by atoms with Gasteiger partial charge in [-0.2, -0.15) is 0 Å². The fraction of sp³-hybridized carbons (Fsp3) is 0.848. The lowest BCUT2D eigenvalue weighted by Crippen LogP contribution is -2.53.